The van der Waals surface area contributed by atoms with Gasteiger partial charge in [0.2, 0.25) is 5.91 Å². The molecule has 160 valence electrons. The fourth-order valence-corrected chi connectivity index (χ4v) is 4.49. The van der Waals surface area contributed by atoms with E-state index in [4.69, 9.17) is 4.74 Å². The summed E-state index contributed by atoms with van der Waals surface area (Å²) in [6, 6.07) is 7.24. The topological polar surface area (TPSA) is 71.2 Å². The molecule has 5 nitrogen and oxygen atoms in total. The Morgan fingerprint density at radius 1 is 1.06 bits per heavy atom. The van der Waals surface area contributed by atoms with Crippen molar-refractivity contribution in [3.63, 3.8) is 0 Å². The smallest absolute Gasteiger partial charge is 0.328 e. The van der Waals surface area contributed by atoms with Crippen LogP contribution in [0, 0.1) is 23.4 Å². The van der Waals surface area contributed by atoms with Gasteiger partial charge >= 0.3 is 5.97 Å². The Balaban J connectivity index is 1.45. The number of H-pyrrole nitrogens is 1. The van der Waals surface area contributed by atoms with Gasteiger partial charge in [-0.3, -0.25) is 4.79 Å². The molecule has 5 rings (SSSR count). The van der Waals surface area contributed by atoms with Crippen molar-refractivity contribution in [2.24, 2.45) is 5.92 Å². The van der Waals surface area contributed by atoms with Crippen LogP contribution in [0.5, 0.6) is 0 Å². The second kappa shape index (κ2) is 7.44. The molecule has 2 fully saturated rings. The van der Waals surface area contributed by atoms with E-state index in [9.17, 15) is 22.8 Å². The summed E-state index contributed by atoms with van der Waals surface area (Å²) in [4.78, 5) is 27.1. The number of fused-ring (bicyclic) bond motifs is 1. The minimum Gasteiger partial charge on any atom is -0.464 e. The van der Waals surface area contributed by atoms with Crippen molar-refractivity contribution in [3.05, 3.63) is 59.4 Å². The lowest BCUT2D eigenvalue weighted by molar-refractivity contribution is -0.142. The number of cyclic esters (lactones) is 1. The van der Waals surface area contributed by atoms with Crippen molar-refractivity contribution in [1.82, 2.24) is 10.3 Å². The molecule has 2 heterocycles. The highest BCUT2D eigenvalue weighted by atomic mass is 19.1. The number of carbonyl (C=O) groups is 2. The van der Waals surface area contributed by atoms with E-state index in [2.05, 4.69) is 10.3 Å². The van der Waals surface area contributed by atoms with E-state index < -0.39 is 29.5 Å². The van der Waals surface area contributed by atoms with Crippen molar-refractivity contribution in [1.29, 1.82) is 0 Å². The summed E-state index contributed by atoms with van der Waals surface area (Å²) in [5.41, 5.74) is 2.12. The second-order valence-corrected chi connectivity index (χ2v) is 8.11. The van der Waals surface area contributed by atoms with Gasteiger partial charge in [-0.1, -0.05) is 0 Å². The van der Waals surface area contributed by atoms with Crippen LogP contribution < -0.4 is 5.32 Å². The van der Waals surface area contributed by atoms with Gasteiger partial charge in [0.25, 0.3) is 0 Å². The molecule has 2 aliphatic rings. The van der Waals surface area contributed by atoms with E-state index in [0.717, 1.165) is 6.07 Å². The maximum atomic E-state index is 14.4. The molecule has 8 heteroatoms. The van der Waals surface area contributed by atoms with Crippen LogP contribution in [0.4, 0.5) is 13.2 Å². The number of ether oxygens (including phenoxy) is 1. The summed E-state index contributed by atoms with van der Waals surface area (Å²) in [5.74, 6) is -2.86. The molecule has 1 amide bonds. The zero-order valence-corrected chi connectivity index (χ0v) is 16.4. The minimum atomic E-state index is -0.710. The van der Waals surface area contributed by atoms with Crippen LogP contribution in [0.2, 0.25) is 0 Å². The molecular weight excluding hydrogens is 409 g/mol. The fraction of sp³-hybridized carbons (Fsp3) is 0.304. The van der Waals surface area contributed by atoms with E-state index in [1.54, 1.807) is 12.1 Å². The first kappa shape index (κ1) is 19.7. The molecule has 2 N–H and O–H groups in total. The van der Waals surface area contributed by atoms with Gasteiger partial charge in [0, 0.05) is 23.8 Å². The Bertz CT molecular complexity index is 1180. The number of amides is 1. The fourth-order valence-electron chi connectivity index (χ4n) is 4.49. The van der Waals surface area contributed by atoms with Crippen LogP contribution in [-0.2, 0) is 14.3 Å². The van der Waals surface area contributed by atoms with E-state index in [0.29, 0.717) is 48.1 Å². The maximum Gasteiger partial charge on any atom is 0.328 e. The molecule has 1 aliphatic carbocycles. The number of hydrogen-bond acceptors (Lipinski definition) is 3. The largest absolute Gasteiger partial charge is 0.464 e. The number of esters is 1. The summed E-state index contributed by atoms with van der Waals surface area (Å²) < 4.78 is 46.7. The van der Waals surface area contributed by atoms with Gasteiger partial charge in [0.05, 0.1) is 17.8 Å². The molecule has 1 saturated heterocycles. The summed E-state index contributed by atoms with van der Waals surface area (Å²) in [6.45, 7) is 0.296. The lowest BCUT2D eigenvalue weighted by atomic mass is 9.69. The van der Waals surface area contributed by atoms with Crippen LogP contribution in [0.25, 0.3) is 22.2 Å². The molecular formula is C23H19F3N2O3. The lowest BCUT2D eigenvalue weighted by Crippen LogP contribution is -2.44. The van der Waals surface area contributed by atoms with Gasteiger partial charge in [-0.05, 0) is 60.2 Å². The molecule has 0 radical (unpaired) electrons. The van der Waals surface area contributed by atoms with E-state index >= 15 is 0 Å². The summed E-state index contributed by atoms with van der Waals surface area (Å²) >= 11 is 0. The number of aromatic nitrogens is 1. The molecule has 0 bridgehead atoms. The molecule has 0 spiro atoms. The maximum absolute atomic E-state index is 14.4. The predicted molar refractivity (Wildman–Crippen MR) is 107 cm³/mol. The molecule has 1 atom stereocenters. The Hall–Kier alpha value is -3.29. The minimum absolute atomic E-state index is 0.110. The average Bonchev–Trinajstić information content (AvgIpc) is 3.26. The number of carbonyl (C=O) groups excluding carboxylic acids is 2. The van der Waals surface area contributed by atoms with Crippen LogP contribution in [0.1, 0.15) is 30.7 Å². The van der Waals surface area contributed by atoms with Crippen molar-refractivity contribution in [3.8, 4) is 11.3 Å². The number of hydrogen-bond donors (Lipinski definition) is 2. The number of benzene rings is 2. The van der Waals surface area contributed by atoms with Gasteiger partial charge in [0.15, 0.2) is 0 Å². The molecule has 31 heavy (non-hydrogen) atoms. The van der Waals surface area contributed by atoms with Gasteiger partial charge < -0.3 is 15.0 Å². The monoisotopic (exact) mass is 428 g/mol. The first-order valence-electron chi connectivity index (χ1n) is 10.1. The average molecular weight is 428 g/mol. The van der Waals surface area contributed by atoms with Crippen molar-refractivity contribution >= 4 is 22.8 Å². The third-order valence-electron chi connectivity index (χ3n) is 6.17. The molecule has 3 aromatic rings. The highest BCUT2D eigenvalue weighted by Gasteiger charge is 2.40. The summed E-state index contributed by atoms with van der Waals surface area (Å²) in [6.07, 6.45) is 1.41. The van der Waals surface area contributed by atoms with Gasteiger partial charge in [-0.2, -0.15) is 0 Å². The van der Waals surface area contributed by atoms with Crippen molar-refractivity contribution in [2.45, 2.75) is 31.2 Å². The van der Waals surface area contributed by atoms with Crippen LogP contribution in [0.3, 0.4) is 0 Å². The molecule has 1 aromatic heterocycles. The lowest BCUT2D eigenvalue weighted by Gasteiger charge is -2.35. The van der Waals surface area contributed by atoms with Crippen LogP contribution >= 0.6 is 0 Å². The Labute approximate surface area is 175 Å². The third-order valence-corrected chi connectivity index (χ3v) is 6.17. The molecule has 0 unspecified atom stereocenters. The molecule has 2 aromatic carbocycles. The Morgan fingerprint density at radius 2 is 1.81 bits per heavy atom. The van der Waals surface area contributed by atoms with E-state index in [1.807, 2.05) is 0 Å². The Morgan fingerprint density at radius 3 is 2.48 bits per heavy atom. The highest BCUT2D eigenvalue weighted by molar-refractivity contribution is 5.93. The van der Waals surface area contributed by atoms with Crippen molar-refractivity contribution < 1.29 is 27.5 Å². The SMILES string of the molecule is O=C(N[C@H]1CCOC1=O)C1CC(c2c(-c3ccc(F)cc3)[nH]c3c(F)cc(F)cc23)C1. The quantitative estimate of drug-likeness (QED) is 0.613. The van der Waals surface area contributed by atoms with Crippen LogP contribution in [0.15, 0.2) is 36.4 Å². The van der Waals surface area contributed by atoms with Gasteiger partial charge in [0.1, 0.15) is 23.5 Å². The predicted octanol–water partition coefficient (Wildman–Crippen LogP) is 4.18. The van der Waals surface area contributed by atoms with Gasteiger partial charge in [-0.25, -0.2) is 18.0 Å². The number of rotatable bonds is 4. The highest BCUT2D eigenvalue weighted by Crippen LogP contribution is 2.48. The molecule has 1 saturated carbocycles. The summed E-state index contributed by atoms with van der Waals surface area (Å²) in [5, 5.41) is 3.14. The second-order valence-electron chi connectivity index (χ2n) is 8.11. The zero-order chi connectivity index (χ0) is 21.7. The first-order valence-corrected chi connectivity index (χ1v) is 10.1. The third kappa shape index (κ3) is 3.45. The molecule has 1 aliphatic heterocycles. The Kier molecular flexibility index (Phi) is 4.72. The normalized spacial score (nSPS) is 22.9. The van der Waals surface area contributed by atoms with Gasteiger partial charge in [-0.15, -0.1) is 0 Å². The standard InChI is InChI=1S/C23H19F3N2O3/c24-14-3-1-11(2-4-14)20-19(16-9-15(25)10-17(26)21(16)28-20)12-7-13(8-12)22(29)27-18-5-6-31-23(18)30/h1-4,9-10,12-13,18,28H,5-8H2,(H,27,29)/t12?,13?,18-/m0/s1. The zero-order valence-electron chi connectivity index (χ0n) is 16.4. The number of aromatic amines is 1. The van der Waals surface area contributed by atoms with E-state index in [-0.39, 0.29) is 23.3 Å². The summed E-state index contributed by atoms with van der Waals surface area (Å²) in [7, 11) is 0. The van der Waals surface area contributed by atoms with E-state index in [1.165, 1.54) is 18.2 Å². The number of nitrogens with one attached hydrogen (secondary N) is 2. The van der Waals surface area contributed by atoms with Crippen LogP contribution in [-0.4, -0.2) is 29.5 Å². The first-order chi connectivity index (χ1) is 14.9. The number of halogens is 3. The van der Waals surface area contributed by atoms with Crippen molar-refractivity contribution in [2.75, 3.05) is 6.61 Å².